The van der Waals surface area contributed by atoms with Crippen molar-refractivity contribution < 1.29 is 23.7 Å². The molecule has 0 bridgehead atoms. The highest BCUT2D eigenvalue weighted by molar-refractivity contribution is 5.91. The van der Waals surface area contributed by atoms with Crippen molar-refractivity contribution in [3.8, 4) is 22.9 Å². The highest BCUT2D eigenvalue weighted by Gasteiger charge is 2.23. The molecular formula is C25H28N4O7. The number of aromatic nitrogens is 3. The SMILES string of the molecule is COc1cccc(Cn2c(=O)c(C(=O)NC[C@H]3CCCO3)nn(-c3ccc(OC)c(OC)c3)c2=O)c1. The van der Waals surface area contributed by atoms with Gasteiger partial charge in [0.15, 0.2) is 11.5 Å². The minimum absolute atomic E-state index is 0.0866. The first-order valence-corrected chi connectivity index (χ1v) is 11.4. The summed E-state index contributed by atoms with van der Waals surface area (Å²) >= 11 is 0. The largest absolute Gasteiger partial charge is 0.497 e. The summed E-state index contributed by atoms with van der Waals surface area (Å²) in [4.78, 5) is 39.8. The summed E-state index contributed by atoms with van der Waals surface area (Å²) in [7, 11) is 4.48. The molecule has 3 aromatic rings. The van der Waals surface area contributed by atoms with Crippen LogP contribution >= 0.6 is 0 Å². The summed E-state index contributed by atoms with van der Waals surface area (Å²) < 4.78 is 23.4. The first kappa shape index (κ1) is 25.0. The smallest absolute Gasteiger partial charge is 0.352 e. The van der Waals surface area contributed by atoms with Crippen molar-refractivity contribution in [3.05, 3.63) is 74.6 Å². The van der Waals surface area contributed by atoms with Gasteiger partial charge in [0.25, 0.3) is 11.5 Å². The van der Waals surface area contributed by atoms with Crippen LogP contribution in [0.3, 0.4) is 0 Å². The van der Waals surface area contributed by atoms with Crippen molar-refractivity contribution in [3.63, 3.8) is 0 Å². The summed E-state index contributed by atoms with van der Waals surface area (Å²) in [6.45, 7) is 0.790. The van der Waals surface area contributed by atoms with Crippen LogP contribution in [0.1, 0.15) is 28.9 Å². The molecule has 0 radical (unpaired) electrons. The van der Waals surface area contributed by atoms with Crippen molar-refractivity contribution >= 4 is 5.91 Å². The molecular weight excluding hydrogens is 468 g/mol. The number of methoxy groups -OCH3 is 3. The Hall–Kier alpha value is -4.12. The van der Waals surface area contributed by atoms with Crippen LogP contribution in [0.4, 0.5) is 0 Å². The minimum atomic E-state index is -0.801. The fourth-order valence-corrected chi connectivity index (χ4v) is 3.97. The Bertz CT molecular complexity index is 1360. The van der Waals surface area contributed by atoms with Crippen LogP contribution < -0.4 is 30.8 Å². The van der Waals surface area contributed by atoms with E-state index in [0.717, 1.165) is 22.1 Å². The summed E-state index contributed by atoms with van der Waals surface area (Å²) in [6.07, 6.45) is 1.61. The van der Waals surface area contributed by atoms with Crippen LogP contribution in [-0.4, -0.2) is 60.8 Å². The molecule has 1 aliphatic heterocycles. The van der Waals surface area contributed by atoms with E-state index in [1.165, 1.54) is 21.3 Å². The average Bonchev–Trinajstić information content (AvgIpc) is 3.43. The lowest BCUT2D eigenvalue weighted by atomic mass is 10.2. The molecule has 1 N–H and O–H groups in total. The van der Waals surface area contributed by atoms with E-state index in [1.54, 1.807) is 42.5 Å². The zero-order valence-electron chi connectivity index (χ0n) is 20.4. The summed E-state index contributed by atoms with van der Waals surface area (Å²) in [5.74, 6) is 0.695. The van der Waals surface area contributed by atoms with Gasteiger partial charge < -0.3 is 24.3 Å². The maximum atomic E-state index is 13.5. The lowest BCUT2D eigenvalue weighted by Crippen LogP contribution is -2.46. The van der Waals surface area contributed by atoms with Crippen LogP contribution in [-0.2, 0) is 11.3 Å². The predicted octanol–water partition coefficient (Wildman–Crippen LogP) is 1.38. The Morgan fingerprint density at radius 3 is 2.58 bits per heavy atom. The molecule has 190 valence electrons. The van der Waals surface area contributed by atoms with Crippen LogP contribution in [0.15, 0.2) is 52.1 Å². The fraction of sp³-hybridized carbons (Fsp3) is 0.360. The van der Waals surface area contributed by atoms with Gasteiger partial charge in [-0.1, -0.05) is 12.1 Å². The molecule has 2 aromatic carbocycles. The lowest BCUT2D eigenvalue weighted by molar-refractivity contribution is 0.0849. The second-order valence-electron chi connectivity index (χ2n) is 8.17. The van der Waals surface area contributed by atoms with E-state index in [0.29, 0.717) is 35.1 Å². The van der Waals surface area contributed by atoms with Gasteiger partial charge in [0, 0.05) is 19.2 Å². The predicted molar refractivity (Wildman–Crippen MR) is 131 cm³/mol. The van der Waals surface area contributed by atoms with Crippen molar-refractivity contribution in [1.82, 2.24) is 19.7 Å². The molecule has 0 unspecified atom stereocenters. The summed E-state index contributed by atoms with van der Waals surface area (Å²) in [6, 6.07) is 11.7. The van der Waals surface area contributed by atoms with Gasteiger partial charge in [-0.3, -0.25) is 14.2 Å². The van der Waals surface area contributed by atoms with Gasteiger partial charge >= 0.3 is 5.69 Å². The van der Waals surface area contributed by atoms with Gasteiger partial charge in [0.1, 0.15) is 5.75 Å². The first-order valence-electron chi connectivity index (χ1n) is 11.4. The van der Waals surface area contributed by atoms with E-state index in [2.05, 4.69) is 10.4 Å². The Morgan fingerprint density at radius 2 is 1.89 bits per heavy atom. The number of hydrogen-bond acceptors (Lipinski definition) is 8. The van der Waals surface area contributed by atoms with Crippen molar-refractivity contribution in [2.24, 2.45) is 0 Å². The van der Waals surface area contributed by atoms with Crippen molar-refractivity contribution in [2.45, 2.75) is 25.5 Å². The fourth-order valence-electron chi connectivity index (χ4n) is 3.97. The second-order valence-corrected chi connectivity index (χ2v) is 8.17. The maximum Gasteiger partial charge on any atom is 0.352 e. The molecule has 0 saturated carbocycles. The minimum Gasteiger partial charge on any atom is -0.497 e. The maximum absolute atomic E-state index is 13.5. The number of nitrogens with zero attached hydrogens (tertiary/aromatic N) is 3. The highest BCUT2D eigenvalue weighted by atomic mass is 16.5. The zero-order chi connectivity index (χ0) is 25.7. The van der Waals surface area contributed by atoms with Gasteiger partial charge in [-0.2, -0.15) is 9.78 Å². The molecule has 1 saturated heterocycles. The summed E-state index contributed by atoms with van der Waals surface area (Å²) in [5, 5.41) is 6.86. The van der Waals surface area contributed by atoms with E-state index in [9.17, 15) is 14.4 Å². The second kappa shape index (κ2) is 11.1. The average molecular weight is 497 g/mol. The van der Waals surface area contributed by atoms with Gasteiger partial charge in [-0.15, -0.1) is 0 Å². The molecule has 1 fully saturated rings. The number of benzene rings is 2. The third-order valence-electron chi connectivity index (χ3n) is 5.88. The van der Waals surface area contributed by atoms with E-state index in [1.807, 2.05) is 0 Å². The number of hydrogen-bond donors (Lipinski definition) is 1. The van der Waals surface area contributed by atoms with Gasteiger partial charge in [-0.25, -0.2) is 4.79 Å². The highest BCUT2D eigenvalue weighted by Crippen LogP contribution is 2.28. The quantitative estimate of drug-likeness (QED) is 0.471. The van der Waals surface area contributed by atoms with Gasteiger partial charge in [0.2, 0.25) is 5.69 Å². The van der Waals surface area contributed by atoms with Crippen LogP contribution in [0.5, 0.6) is 17.2 Å². The van der Waals surface area contributed by atoms with Gasteiger partial charge in [0.05, 0.1) is 39.7 Å². The Balaban J connectivity index is 1.80. The molecule has 0 spiro atoms. The zero-order valence-corrected chi connectivity index (χ0v) is 20.4. The standard InChI is InChI=1S/C25H28N4O7/c1-33-18-7-4-6-16(12-18)15-28-24(31)22(23(30)26-14-19-8-5-11-36-19)27-29(25(28)32)17-9-10-20(34-2)21(13-17)35-3/h4,6-7,9-10,12-13,19H,5,8,11,14-15H2,1-3H3,(H,26,30)/t19-/m1/s1. The molecule has 4 rings (SSSR count). The van der Waals surface area contributed by atoms with E-state index >= 15 is 0 Å². The third kappa shape index (κ3) is 5.25. The molecule has 1 atom stereocenters. The van der Waals surface area contributed by atoms with Crippen molar-refractivity contribution in [1.29, 1.82) is 0 Å². The number of rotatable bonds is 9. The summed E-state index contributed by atoms with van der Waals surface area (Å²) in [5.41, 5.74) is -0.991. The lowest BCUT2D eigenvalue weighted by Gasteiger charge is -2.15. The van der Waals surface area contributed by atoms with E-state index in [4.69, 9.17) is 18.9 Å². The van der Waals surface area contributed by atoms with Crippen LogP contribution in [0.25, 0.3) is 5.69 Å². The molecule has 2 heterocycles. The number of ether oxygens (including phenoxy) is 4. The molecule has 11 heteroatoms. The number of nitrogens with one attached hydrogen (secondary N) is 1. The molecule has 11 nitrogen and oxygen atoms in total. The Kier molecular flexibility index (Phi) is 7.69. The Labute approximate surface area is 207 Å². The monoisotopic (exact) mass is 496 g/mol. The molecule has 0 aliphatic carbocycles. The van der Waals surface area contributed by atoms with E-state index in [-0.39, 0.29) is 19.2 Å². The van der Waals surface area contributed by atoms with Crippen molar-refractivity contribution in [2.75, 3.05) is 34.5 Å². The number of amides is 1. The van der Waals surface area contributed by atoms with Crippen LogP contribution in [0, 0.1) is 0 Å². The normalized spacial score (nSPS) is 14.9. The third-order valence-corrected chi connectivity index (χ3v) is 5.88. The molecule has 1 aliphatic rings. The molecule has 1 aromatic heterocycles. The van der Waals surface area contributed by atoms with Crippen LogP contribution in [0.2, 0.25) is 0 Å². The van der Waals surface area contributed by atoms with E-state index < -0.39 is 22.9 Å². The topological polar surface area (TPSA) is 123 Å². The number of carbonyl (C=O) groups excluding carboxylic acids is 1. The molecule has 36 heavy (non-hydrogen) atoms. The Morgan fingerprint density at radius 1 is 1.08 bits per heavy atom. The van der Waals surface area contributed by atoms with Gasteiger partial charge in [-0.05, 0) is 42.7 Å². The number of carbonyl (C=O) groups is 1. The first-order chi connectivity index (χ1) is 17.4. The molecule has 1 amide bonds.